The zero-order valence-electron chi connectivity index (χ0n) is 12.1. The van der Waals surface area contributed by atoms with Crippen LogP contribution in [-0.2, 0) is 4.79 Å². The summed E-state index contributed by atoms with van der Waals surface area (Å²) in [5, 5.41) is 2.65. The van der Waals surface area contributed by atoms with Crippen LogP contribution < -0.4 is 14.8 Å². The van der Waals surface area contributed by atoms with Gasteiger partial charge in [0.2, 0.25) is 0 Å². The lowest BCUT2D eigenvalue weighted by Crippen LogP contribution is -2.30. The van der Waals surface area contributed by atoms with Crippen molar-refractivity contribution < 1.29 is 18.7 Å². The molecule has 0 spiro atoms. The lowest BCUT2D eigenvalue weighted by molar-refractivity contribution is -0.122. The average Bonchev–Trinajstić information content (AvgIpc) is 2.51. The van der Waals surface area contributed by atoms with Gasteiger partial charge in [-0.15, -0.1) is 0 Å². The maximum absolute atomic E-state index is 13.1. The number of methoxy groups -OCH3 is 1. The van der Waals surface area contributed by atoms with Crippen molar-refractivity contribution in [3.8, 4) is 11.5 Å². The first-order chi connectivity index (χ1) is 10.5. The molecule has 0 fully saturated rings. The number of para-hydroxylation sites is 2. The fraction of sp³-hybridized carbons (Fsp3) is 0.188. The number of nitrogens with one attached hydrogen (secondary N) is 1. The third-order valence-corrected chi connectivity index (χ3v) is 3.23. The van der Waals surface area contributed by atoms with Gasteiger partial charge in [-0.05, 0) is 31.2 Å². The van der Waals surface area contributed by atoms with E-state index < -0.39 is 11.9 Å². The SMILES string of the molecule is COc1ccccc1NC(=O)[C@H](C)Oc1ccc(F)c(Cl)c1. The third-order valence-electron chi connectivity index (χ3n) is 2.94. The first-order valence-corrected chi connectivity index (χ1v) is 6.94. The van der Waals surface area contributed by atoms with Crippen LogP contribution in [0.4, 0.5) is 10.1 Å². The standard InChI is InChI=1S/C16H15ClFNO3/c1-10(22-11-7-8-13(18)12(17)9-11)16(20)19-14-5-3-4-6-15(14)21-2/h3-10H,1-2H3,(H,19,20)/t10-/m0/s1. The minimum absolute atomic E-state index is 0.0603. The van der Waals surface area contributed by atoms with E-state index in [1.165, 1.54) is 25.3 Å². The van der Waals surface area contributed by atoms with Crippen LogP contribution in [0.3, 0.4) is 0 Å². The van der Waals surface area contributed by atoms with E-state index in [1.807, 2.05) is 0 Å². The van der Waals surface area contributed by atoms with Gasteiger partial charge in [0, 0.05) is 6.07 Å². The quantitative estimate of drug-likeness (QED) is 0.908. The summed E-state index contributed by atoms with van der Waals surface area (Å²) in [4.78, 5) is 12.1. The van der Waals surface area contributed by atoms with Crippen LogP contribution in [0.25, 0.3) is 0 Å². The number of carbonyl (C=O) groups is 1. The van der Waals surface area contributed by atoms with Crippen molar-refractivity contribution in [2.24, 2.45) is 0 Å². The number of ether oxygens (including phenoxy) is 2. The van der Waals surface area contributed by atoms with Crippen LogP contribution in [0.2, 0.25) is 5.02 Å². The largest absolute Gasteiger partial charge is 0.495 e. The highest BCUT2D eigenvalue weighted by atomic mass is 35.5. The Kier molecular flexibility index (Phi) is 5.22. The van der Waals surface area contributed by atoms with Gasteiger partial charge < -0.3 is 14.8 Å². The molecule has 0 aliphatic carbocycles. The Bertz CT molecular complexity index is 678. The monoisotopic (exact) mass is 323 g/mol. The summed E-state index contributed by atoms with van der Waals surface area (Å²) in [6.45, 7) is 1.59. The van der Waals surface area contributed by atoms with E-state index in [0.717, 1.165) is 0 Å². The molecule has 1 atom stereocenters. The van der Waals surface area contributed by atoms with Crippen LogP contribution >= 0.6 is 11.6 Å². The highest BCUT2D eigenvalue weighted by Gasteiger charge is 2.17. The molecule has 0 aliphatic rings. The molecule has 0 aliphatic heterocycles. The van der Waals surface area contributed by atoms with Crippen LogP contribution in [0.5, 0.6) is 11.5 Å². The van der Waals surface area contributed by atoms with Gasteiger partial charge in [0.1, 0.15) is 17.3 Å². The number of benzene rings is 2. The predicted octanol–water partition coefficient (Wildman–Crippen LogP) is 3.89. The smallest absolute Gasteiger partial charge is 0.265 e. The molecule has 6 heteroatoms. The Morgan fingerprint density at radius 1 is 1.27 bits per heavy atom. The van der Waals surface area contributed by atoms with Crippen molar-refractivity contribution >= 4 is 23.2 Å². The fourth-order valence-electron chi connectivity index (χ4n) is 1.79. The first-order valence-electron chi connectivity index (χ1n) is 6.57. The van der Waals surface area contributed by atoms with E-state index in [4.69, 9.17) is 21.1 Å². The molecule has 22 heavy (non-hydrogen) atoms. The molecule has 0 aromatic heterocycles. The van der Waals surface area contributed by atoms with E-state index in [0.29, 0.717) is 17.2 Å². The van der Waals surface area contributed by atoms with E-state index in [-0.39, 0.29) is 10.9 Å². The van der Waals surface area contributed by atoms with E-state index in [9.17, 15) is 9.18 Å². The Morgan fingerprint density at radius 2 is 2.00 bits per heavy atom. The van der Waals surface area contributed by atoms with Crippen molar-refractivity contribution in [3.63, 3.8) is 0 Å². The number of halogens is 2. The van der Waals surface area contributed by atoms with Crippen molar-refractivity contribution in [1.29, 1.82) is 0 Å². The molecule has 0 radical (unpaired) electrons. The highest BCUT2D eigenvalue weighted by Crippen LogP contribution is 2.24. The Balaban J connectivity index is 2.04. The van der Waals surface area contributed by atoms with Crippen molar-refractivity contribution in [2.45, 2.75) is 13.0 Å². The molecule has 1 N–H and O–H groups in total. The zero-order valence-corrected chi connectivity index (χ0v) is 12.9. The average molecular weight is 324 g/mol. The van der Waals surface area contributed by atoms with Crippen LogP contribution in [0.15, 0.2) is 42.5 Å². The second kappa shape index (κ2) is 7.13. The molecular weight excluding hydrogens is 309 g/mol. The Morgan fingerprint density at radius 3 is 2.68 bits per heavy atom. The van der Waals surface area contributed by atoms with Crippen LogP contribution in [-0.4, -0.2) is 19.1 Å². The number of amides is 1. The number of anilines is 1. The lowest BCUT2D eigenvalue weighted by atomic mass is 10.2. The van der Waals surface area contributed by atoms with Gasteiger partial charge in [0.25, 0.3) is 5.91 Å². The molecule has 0 saturated carbocycles. The van der Waals surface area contributed by atoms with E-state index >= 15 is 0 Å². The van der Waals surface area contributed by atoms with Crippen molar-refractivity contribution in [2.75, 3.05) is 12.4 Å². The normalized spacial score (nSPS) is 11.6. The van der Waals surface area contributed by atoms with Crippen molar-refractivity contribution in [1.82, 2.24) is 0 Å². The summed E-state index contributed by atoms with van der Waals surface area (Å²) in [5.41, 5.74) is 0.544. The van der Waals surface area contributed by atoms with Gasteiger partial charge in [0.15, 0.2) is 6.10 Å². The molecule has 0 heterocycles. The number of hydrogen-bond acceptors (Lipinski definition) is 3. The number of hydrogen-bond donors (Lipinski definition) is 1. The summed E-state index contributed by atoms with van der Waals surface area (Å²) < 4.78 is 23.7. The molecule has 2 rings (SSSR count). The summed E-state index contributed by atoms with van der Waals surface area (Å²) in [5.74, 6) is -0.0351. The van der Waals surface area contributed by atoms with Gasteiger partial charge in [-0.1, -0.05) is 23.7 Å². The van der Waals surface area contributed by atoms with Gasteiger partial charge in [-0.3, -0.25) is 4.79 Å². The predicted molar refractivity (Wildman–Crippen MR) is 83.1 cm³/mol. The number of carbonyl (C=O) groups excluding carboxylic acids is 1. The second-order valence-electron chi connectivity index (χ2n) is 4.53. The van der Waals surface area contributed by atoms with Crippen LogP contribution in [0, 0.1) is 5.82 Å². The topological polar surface area (TPSA) is 47.6 Å². The summed E-state index contributed by atoms with van der Waals surface area (Å²) in [6, 6.07) is 11.0. The molecular formula is C16H15ClFNO3. The zero-order chi connectivity index (χ0) is 16.1. The summed E-state index contributed by atoms with van der Waals surface area (Å²) >= 11 is 5.67. The van der Waals surface area contributed by atoms with Gasteiger partial charge in [-0.25, -0.2) is 4.39 Å². The van der Waals surface area contributed by atoms with Crippen molar-refractivity contribution in [3.05, 3.63) is 53.3 Å². The molecule has 2 aromatic rings. The van der Waals surface area contributed by atoms with Gasteiger partial charge >= 0.3 is 0 Å². The Labute approximate surface area is 132 Å². The first kappa shape index (κ1) is 16.1. The summed E-state index contributed by atoms with van der Waals surface area (Å²) in [6.07, 6.45) is -0.786. The maximum atomic E-state index is 13.1. The molecule has 4 nitrogen and oxygen atoms in total. The molecule has 0 bridgehead atoms. The molecule has 0 saturated heterocycles. The fourth-order valence-corrected chi connectivity index (χ4v) is 1.96. The maximum Gasteiger partial charge on any atom is 0.265 e. The minimum atomic E-state index is -0.786. The van der Waals surface area contributed by atoms with Gasteiger partial charge in [-0.2, -0.15) is 0 Å². The molecule has 116 valence electrons. The lowest BCUT2D eigenvalue weighted by Gasteiger charge is -2.16. The third kappa shape index (κ3) is 3.89. The Hall–Kier alpha value is -2.27. The summed E-state index contributed by atoms with van der Waals surface area (Å²) in [7, 11) is 1.52. The molecule has 2 aromatic carbocycles. The number of rotatable bonds is 5. The van der Waals surface area contributed by atoms with E-state index in [1.54, 1.807) is 31.2 Å². The highest BCUT2D eigenvalue weighted by molar-refractivity contribution is 6.30. The molecule has 1 amide bonds. The van der Waals surface area contributed by atoms with Gasteiger partial charge in [0.05, 0.1) is 17.8 Å². The molecule has 0 unspecified atom stereocenters. The van der Waals surface area contributed by atoms with Crippen LogP contribution in [0.1, 0.15) is 6.92 Å². The second-order valence-corrected chi connectivity index (χ2v) is 4.93. The van der Waals surface area contributed by atoms with E-state index in [2.05, 4.69) is 5.32 Å². The minimum Gasteiger partial charge on any atom is -0.495 e.